The van der Waals surface area contributed by atoms with Gasteiger partial charge in [-0.1, -0.05) is 44.3 Å². The summed E-state index contributed by atoms with van der Waals surface area (Å²) in [6.45, 7) is 2.36. The van der Waals surface area contributed by atoms with Gasteiger partial charge in [0, 0.05) is 6.20 Å². The zero-order valence-corrected chi connectivity index (χ0v) is 11.1. The number of oxime groups is 1. The van der Waals surface area contributed by atoms with Gasteiger partial charge in [0.25, 0.3) is 0 Å². The van der Waals surface area contributed by atoms with Crippen LogP contribution in [-0.4, -0.2) is 22.6 Å². The molecule has 1 aromatic rings. The summed E-state index contributed by atoms with van der Waals surface area (Å²) in [4.78, 5) is 9.05. The summed E-state index contributed by atoms with van der Waals surface area (Å²) >= 11 is 15.0. The first-order valence-corrected chi connectivity index (χ1v) is 6.13. The number of hydrogen-bond acceptors (Lipinski definition) is 3. The normalized spacial score (nSPS) is 11.6. The SMILES string of the molecule is CCO/N=C(\CBr)c1ncc(Cl)cc1Cl. The first-order valence-electron chi connectivity index (χ1n) is 4.25. The van der Waals surface area contributed by atoms with E-state index in [9.17, 15) is 0 Å². The lowest BCUT2D eigenvalue weighted by atomic mass is 10.2. The quantitative estimate of drug-likeness (QED) is 0.484. The Bertz CT molecular complexity index is 371. The second-order valence-corrected chi connectivity index (χ2v) is 3.98. The summed E-state index contributed by atoms with van der Waals surface area (Å²) in [5.41, 5.74) is 1.21. The average molecular weight is 312 g/mol. The molecule has 1 rings (SSSR count). The van der Waals surface area contributed by atoms with Crippen LogP contribution >= 0.6 is 39.1 Å². The van der Waals surface area contributed by atoms with Crippen molar-refractivity contribution >= 4 is 44.8 Å². The Balaban J connectivity index is 3.02. The average Bonchev–Trinajstić information content (AvgIpc) is 2.21. The molecule has 0 unspecified atom stereocenters. The van der Waals surface area contributed by atoms with E-state index < -0.39 is 0 Å². The van der Waals surface area contributed by atoms with Crippen LogP contribution in [0.5, 0.6) is 0 Å². The van der Waals surface area contributed by atoms with Crippen LogP contribution in [0.4, 0.5) is 0 Å². The molecule has 0 N–H and O–H groups in total. The maximum absolute atomic E-state index is 5.98. The fourth-order valence-electron chi connectivity index (χ4n) is 0.900. The highest BCUT2D eigenvalue weighted by Gasteiger charge is 2.10. The maximum atomic E-state index is 5.98. The minimum absolute atomic E-state index is 0.459. The van der Waals surface area contributed by atoms with E-state index in [0.29, 0.717) is 33.4 Å². The van der Waals surface area contributed by atoms with E-state index in [2.05, 4.69) is 26.1 Å². The summed E-state index contributed by atoms with van der Waals surface area (Å²) in [7, 11) is 0. The van der Waals surface area contributed by atoms with Crippen molar-refractivity contribution in [1.82, 2.24) is 4.98 Å². The lowest BCUT2D eigenvalue weighted by Gasteiger charge is -2.04. The van der Waals surface area contributed by atoms with E-state index in [-0.39, 0.29) is 0 Å². The monoisotopic (exact) mass is 310 g/mol. The van der Waals surface area contributed by atoms with Gasteiger partial charge in [0.05, 0.1) is 15.4 Å². The lowest BCUT2D eigenvalue weighted by Crippen LogP contribution is -2.07. The molecule has 0 saturated heterocycles. The van der Waals surface area contributed by atoms with Crippen molar-refractivity contribution in [3.8, 4) is 0 Å². The molecule has 0 aliphatic heterocycles. The minimum Gasteiger partial charge on any atom is -0.396 e. The number of hydrogen-bond donors (Lipinski definition) is 0. The third-order valence-electron chi connectivity index (χ3n) is 1.51. The molecule has 0 bridgehead atoms. The fourth-order valence-corrected chi connectivity index (χ4v) is 1.76. The van der Waals surface area contributed by atoms with Crippen molar-refractivity contribution in [2.75, 3.05) is 11.9 Å². The van der Waals surface area contributed by atoms with Crippen LogP contribution in [0.15, 0.2) is 17.4 Å². The number of aromatic nitrogens is 1. The standard InChI is InChI=1S/C9H9BrCl2N2O/c1-2-15-14-8(4-10)9-7(12)3-6(11)5-13-9/h3,5H,2,4H2,1H3/b14-8+. The Morgan fingerprint density at radius 3 is 2.87 bits per heavy atom. The number of alkyl halides is 1. The van der Waals surface area contributed by atoms with Crippen molar-refractivity contribution in [3.63, 3.8) is 0 Å². The van der Waals surface area contributed by atoms with Crippen LogP contribution in [-0.2, 0) is 4.84 Å². The maximum Gasteiger partial charge on any atom is 0.117 e. The van der Waals surface area contributed by atoms with Crippen molar-refractivity contribution in [2.45, 2.75) is 6.92 Å². The van der Waals surface area contributed by atoms with Crippen LogP contribution < -0.4 is 0 Å². The molecule has 0 saturated carbocycles. The minimum atomic E-state index is 0.459. The molecule has 1 aromatic heterocycles. The summed E-state index contributed by atoms with van der Waals surface area (Å²) in [5.74, 6) is 0. The van der Waals surface area contributed by atoms with Gasteiger partial charge in [-0.05, 0) is 13.0 Å². The third kappa shape index (κ3) is 3.63. The molecule has 0 amide bonds. The molecular weight excluding hydrogens is 303 g/mol. The number of pyridine rings is 1. The van der Waals surface area contributed by atoms with Crippen molar-refractivity contribution in [3.05, 3.63) is 28.0 Å². The van der Waals surface area contributed by atoms with E-state index in [1.165, 1.54) is 6.20 Å². The predicted molar refractivity (Wildman–Crippen MR) is 66.2 cm³/mol. The zero-order chi connectivity index (χ0) is 11.3. The second-order valence-electron chi connectivity index (χ2n) is 2.57. The van der Waals surface area contributed by atoms with E-state index in [1.54, 1.807) is 6.07 Å². The van der Waals surface area contributed by atoms with E-state index in [4.69, 9.17) is 28.0 Å². The second kappa shape index (κ2) is 6.30. The van der Waals surface area contributed by atoms with Gasteiger partial charge < -0.3 is 4.84 Å². The summed E-state index contributed by atoms with van der Waals surface area (Å²) in [6.07, 6.45) is 1.52. The largest absolute Gasteiger partial charge is 0.396 e. The summed E-state index contributed by atoms with van der Waals surface area (Å²) in [6, 6.07) is 1.62. The van der Waals surface area contributed by atoms with Crippen LogP contribution in [0.2, 0.25) is 10.0 Å². The molecule has 0 aromatic carbocycles. The molecule has 6 heteroatoms. The smallest absolute Gasteiger partial charge is 0.117 e. The number of nitrogens with zero attached hydrogens (tertiary/aromatic N) is 2. The number of halogens is 3. The summed E-state index contributed by atoms with van der Waals surface area (Å²) < 4.78 is 0. The van der Waals surface area contributed by atoms with Crippen molar-refractivity contribution in [1.29, 1.82) is 0 Å². The number of rotatable bonds is 4. The Morgan fingerprint density at radius 2 is 2.33 bits per heavy atom. The van der Waals surface area contributed by atoms with Gasteiger partial charge in [-0.2, -0.15) is 0 Å². The Morgan fingerprint density at radius 1 is 1.60 bits per heavy atom. The van der Waals surface area contributed by atoms with Gasteiger partial charge in [0.2, 0.25) is 0 Å². The Labute approximate surface area is 107 Å². The Kier molecular flexibility index (Phi) is 5.36. The molecule has 0 aliphatic carbocycles. The molecule has 0 aliphatic rings. The van der Waals surface area contributed by atoms with E-state index in [1.807, 2.05) is 6.92 Å². The molecule has 0 fully saturated rings. The van der Waals surface area contributed by atoms with Gasteiger partial charge in [0.1, 0.15) is 18.0 Å². The molecule has 82 valence electrons. The van der Waals surface area contributed by atoms with Gasteiger partial charge >= 0.3 is 0 Å². The topological polar surface area (TPSA) is 34.5 Å². The third-order valence-corrected chi connectivity index (χ3v) is 2.54. The van der Waals surface area contributed by atoms with Crippen LogP contribution in [0, 0.1) is 0 Å². The molecule has 1 heterocycles. The molecule has 15 heavy (non-hydrogen) atoms. The first kappa shape index (κ1) is 12.7. The Hall–Kier alpha value is -0.320. The van der Waals surface area contributed by atoms with Gasteiger partial charge in [-0.25, -0.2) is 0 Å². The van der Waals surface area contributed by atoms with Crippen LogP contribution in [0.1, 0.15) is 12.6 Å². The van der Waals surface area contributed by atoms with E-state index >= 15 is 0 Å². The summed E-state index contributed by atoms with van der Waals surface area (Å²) in [5, 5.41) is 5.37. The lowest BCUT2D eigenvalue weighted by molar-refractivity contribution is 0.159. The van der Waals surface area contributed by atoms with Crippen molar-refractivity contribution < 1.29 is 4.84 Å². The van der Waals surface area contributed by atoms with Crippen LogP contribution in [0.25, 0.3) is 0 Å². The van der Waals surface area contributed by atoms with E-state index in [0.717, 1.165) is 0 Å². The van der Waals surface area contributed by atoms with Gasteiger partial charge in [0.15, 0.2) is 0 Å². The predicted octanol–water partition coefficient (Wildman–Crippen LogP) is 3.52. The fraction of sp³-hybridized carbons (Fsp3) is 0.333. The van der Waals surface area contributed by atoms with Gasteiger partial charge in [-0.3, -0.25) is 4.98 Å². The molecule has 3 nitrogen and oxygen atoms in total. The highest BCUT2D eigenvalue weighted by molar-refractivity contribution is 9.09. The molecule has 0 spiro atoms. The first-order chi connectivity index (χ1) is 7.19. The molecular formula is C9H9BrCl2N2O. The molecule has 0 atom stereocenters. The van der Waals surface area contributed by atoms with Crippen LogP contribution in [0.3, 0.4) is 0 Å². The molecule has 0 radical (unpaired) electrons. The van der Waals surface area contributed by atoms with Gasteiger partial charge in [-0.15, -0.1) is 0 Å². The highest BCUT2D eigenvalue weighted by Crippen LogP contribution is 2.19. The zero-order valence-electron chi connectivity index (χ0n) is 8.01. The van der Waals surface area contributed by atoms with Crippen molar-refractivity contribution in [2.24, 2.45) is 5.16 Å². The highest BCUT2D eigenvalue weighted by atomic mass is 79.9.